The maximum Gasteiger partial charge on any atom is 0.416 e. The Hall–Kier alpha value is -5.07. The maximum atomic E-state index is 13.0. The minimum absolute atomic E-state index is 0.0494. The van der Waals surface area contributed by atoms with Crippen molar-refractivity contribution in [2.75, 3.05) is 11.1 Å². The summed E-state index contributed by atoms with van der Waals surface area (Å²) in [6.07, 6.45) is -4.46. The molecular weight excluding hydrogens is 477 g/mol. The zero-order valence-corrected chi connectivity index (χ0v) is 18.1. The molecule has 4 N–H and O–H groups in total. The predicted octanol–water partition coefficient (Wildman–Crippen LogP) is 4.46. The molecule has 0 saturated heterocycles. The van der Waals surface area contributed by atoms with Gasteiger partial charge in [0.25, 0.3) is 5.91 Å². The molecule has 5 aromatic rings. The minimum Gasteiger partial charge on any atom is -0.457 e. The first-order valence-electron chi connectivity index (χ1n) is 10.3. The number of para-hydroxylation sites is 1. The molecule has 0 atom stereocenters. The van der Waals surface area contributed by atoms with Crippen LogP contribution in [0.2, 0.25) is 0 Å². The number of hydrogen-bond donors (Lipinski definition) is 3. The molecule has 36 heavy (non-hydrogen) atoms. The maximum absolute atomic E-state index is 13.0. The third-order valence-electron chi connectivity index (χ3n) is 5.07. The molecule has 2 aromatic heterocycles. The summed E-state index contributed by atoms with van der Waals surface area (Å²) in [6, 6.07) is 15.8. The number of alkyl halides is 3. The average molecular weight is 492 g/mol. The van der Waals surface area contributed by atoms with E-state index in [1.54, 1.807) is 30.3 Å². The fraction of sp³-hybridized carbons (Fsp3) is 0.0435. The van der Waals surface area contributed by atoms with Gasteiger partial charge in [-0.25, -0.2) is 9.97 Å². The number of carbonyl (C=O) groups excluding carboxylic acids is 1. The summed E-state index contributed by atoms with van der Waals surface area (Å²) < 4.78 is 44.4. The van der Waals surface area contributed by atoms with Gasteiger partial charge in [-0.05, 0) is 53.7 Å². The van der Waals surface area contributed by atoms with Gasteiger partial charge in [0.1, 0.15) is 17.2 Å². The highest BCUT2D eigenvalue weighted by Gasteiger charge is 2.30. The highest BCUT2D eigenvalue weighted by molar-refractivity contribution is 6.11. The van der Waals surface area contributed by atoms with Crippen LogP contribution in [0.4, 0.5) is 24.8 Å². The standard InChI is InChI=1S/C23H15F3N8O2/c24-23(25,26)12-5-8-14(9-6-12)36-18-10-7-13(11-16(18)20-31-33-34-32-20)28-21(35)19-15-3-1-2-4-17(15)29-22(27)30-19/h1-11H,(H,28,35)(H2,27,29,30)(H,31,32,33,34). The molecule has 0 aliphatic rings. The van der Waals surface area contributed by atoms with Crippen LogP contribution in [0.25, 0.3) is 22.3 Å². The number of nitrogens with two attached hydrogens (primary N) is 1. The third kappa shape index (κ3) is 4.61. The van der Waals surface area contributed by atoms with Crippen molar-refractivity contribution in [3.05, 3.63) is 78.0 Å². The van der Waals surface area contributed by atoms with Gasteiger partial charge in [-0.1, -0.05) is 18.2 Å². The Morgan fingerprint density at radius 1 is 1.00 bits per heavy atom. The molecule has 0 radical (unpaired) electrons. The van der Waals surface area contributed by atoms with Crippen molar-refractivity contribution in [2.24, 2.45) is 0 Å². The predicted molar refractivity (Wildman–Crippen MR) is 123 cm³/mol. The number of H-pyrrole nitrogens is 1. The molecule has 10 nitrogen and oxygen atoms in total. The minimum atomic E-state index is -4.46. The van der Waals surface area contributed by atoms with E-state index in [1.165, 1.54) is 24.3 Å². The van der Waals surface area contributed by atoms with E-state index >= 15 is 0 Å². The number of anilines is 2. The Kier molecular flexibility index (Phi) is 5.64. The number of halogens is 3. The summed E-state index contributed by atoms with van der Waals surface area (Å²) in [7, 11) is 0. The lowest BCUT2D eigenvalue weighted by Crippen LogP contribution is -2.16. The topological polar surface area (TPSA) is 145 Å². The highest BCUT2D eigenvalue weighted by Crippen LogP contribution is 2.35. The van der Waals surface area contributed by atoms with Crippen molar-refractivity contribution < 1.29 is 22.7 Å². The van der Waals surface area contributed by atoms with Crippen LogP contribution in [0, 0.1) is 0 Å². The molecule has 0 fully saturated rings. The molecule has 13 heteroatoms. The monoisotopic (exact) mass is 492 g/mol. The number of fused-ring (bicyclic) bond motifs is 1. The average Bonchev–Trinajstić information content (AvgIpc) is 3.39. The molecule has 5 rings (SSSR count). The second kappa shape index (κ2) is 8.94. The molecule has 0 bridgehead atoms. The van der Waals surface area contributed by atoms with Gasteiger partial charge in [0.05, 0.1) is 16.6 Å². The van der Waals surface area contributed by atoms with Crippen LogP contribution < -0.4 is 15.8 Å². The second-order valence-corrected chi connectivity index (χ2v) is 7.47. The van der Waals surface area contributed by atoms with Crippen LogP contribution in [-0.4, -0.2) is 36.5 Å². The number of rotatable bonds is 5. The molecule has 180 valence electrons. The number of nitrogens with one attached hydrogen (secondary N) is 2. The number of carbonyl (C=O) groups is 1. The number of benzene rings is 3. The number of ether oxygens (including phenoxy) is 1. The van der Waals surface area contributed by atoms with Crippen molar-refractivity contribution >= 4 is 28.4 Å². The number of hydrogen-bond acceptors (Lipinski definition) is 8. The van der Waals surface area contributed by atoms with Gasteiger partial charge < -0.3 is 15.8 Å². The molecule has 0 aliphatic heterocycles. The van der Waals surface area contributed by atoms with E-state index in [0.29, 0.717) is 22.2 Å². The summed E-state index contributed by atoms with van der Waals surface area (Å²) in [5.74, 6) is -0.0505. The number of nitrogens with zero attached hydrogens (tertiary/aromatic N) is 5. The van der Waals surface area contributed by atoms with Crippen molar-refractivity contribution in [1.29, 1.82) is 0 Å². The van der Waals surface area contributed by atoms with Gasteiger partial charge in [0.2, 0.25) is 11.8 Å². The SMILES string of the molecule is Nc1nc(C(=O)Nc2ccc(Oc3ccc(C(F)(F)F)cc3)c(-c3nn[nH]n3)c2)c2ccccc2n1. The van der Waals surface area contributed by atoms with Gasteiger partial charge in [0, 0.05) is 11.1 Å². The Labute approximate surface area is 200 Å². The fourth-order valence-electron chi connectivity index (χ4n) is 3.44. The summed E-state index contributed by atoms with van der Waals surface area (Å²) in [5, 5.41) is 17.0. The Balaban J connectivity index is 1.46. The van der Waals surface area contributed by atoms with E-state index < -0.39 is 17.6 Å². The molecule has 0 aliphatic carbocycles. The van der Waals surface area contributed by atoms with Gasteiger partial charge in [-0.15, -0.1) is 10.2 Å². The summed E-state index contributed by atoms with van der Waals surface area (Å²) in [4.78, 5) is 21.2. The summed E-state index contributed by atoms with van der Waals surface area (Å²) in [5.41, 5.74) is 6.24. The number of amides is 1. The van der Waals surface area contributed by atoms with Gasteiger partial charge in [-0.2, -0.15) is 18.4 Å². The molecular formula is C23H15F3N8O2. The van der Waals surface area contributed by atoms with Crippen molar-refractivity contribution in [2.45, 2.75) is 6.18 Å². The Morgan fingerprint density at radius 2 is 1.78 bits per heavy atom. The first-order valence-corrected chi connectivity index (χ1v) is 10.3. The first-order chi connectivity index (χ1) is 17.3. The van der Waals surface area contributed by atoms with E-state index in [1.807, 2.05) is 0 Å². The molecule has 1 amide bonds. The van der Waals surface area contributed by atoms with Gasteiger partial charge >= 0.3 is 6.18 Å². The number of aromatic amines is 1. The normalized spacial score (nSPS) is 11.4. The highest BCUT2D eigenvalue weighted by atomic mass is 19.4. The Morgan fingerprint density at radius 3 is 2.50 bits per heavy atom. The number of nitrogen functional groups attached to an aromatic ring is 1. The molecule has 3 aromatic carbocycles. The molecule has 0 spiro atoms. The van der Waals surface area contributed by atoms with Gasteiger partial charge in [0.15, 0.2) is 0 Å². The fourth-order valence-corrected chi connectivity index (χ4v) is 3.44. The summed E-state index contributed by atoms with van der Waals surface area (Å²) in [6.45, 7) is 0. The van der Waals surface area contributed by atoms with E-state index in [2.05, 4.69) is 35.9 Å². The second-order valence-electron chi connectivity index (χ2n) is 7.47. The molecule has 2 heterocycles. The lowest BCUT2D eigenvalue weighted by molar-refractivity contribution is -0.137. The number of aromatic nitrogens is 6. The zero-order valence-electron chi connectivity index (χ0n) is 18.1. The van der Waals surface area contributed by atoms with E-state index in [0.717, 1.165) is 12.1 Å². The van der Waals surface area contributed by atoms with Crippen LogP contribution in [0.15, 0.2) is 66.7 Å². The number of tetrazole rings is 1. The van der Waals surface area contributed by atoms with Crippen molar-refractivity contribution in [1.82, 2.24) is 30.6 Å². The smallest absolute Gasteiger partial charge is 0.416 e. The van der Waals surface area contributed by atoms with E-state index in [9.17, 15) is 18.0 Å². The van der Waals surface area contributed by atoms with Gasteiger partial charge in [-0.3, -0.25) is 4.79 Å². The lowest BCUT2D eigenvalue weighted by Gasteiger charge is -2.13. The summed E-state index contributed by atoms with van der Waals surface area (Å²) >= 11 is 0. The van der Waals surface area contributed by atoms with Crippen LogP contribution in [0.3, 0.4) is 0 Å². The van der Waals surface area contributed by atoms with E-state index in [-0.39, 0.29) is 29.0 Å². The van der Waals surface area contributed by atoms with Crippen LogP contribution in [-0.2, 0) is 6.18 Å². The molecule has 0 saturated carbocycles. The van der Waals surface area contributed by atoms with Crippen LogP contribution in [0.5, 0.6) is 11.5 Å². The van der Waals surface area contributed by atoms with Crippen LogP contribution in [0.1, 0.15) is 16.1 Å². The van der Waals surface area contributed by atoms with Crippen molar-refractivity contribution in [3.8, 4) is 22.9 Å². The Bertz CT molecular complexity index is 1550. The largest absolute Gasteiger partial charge is 0.457 e. The van der Waals surface area contributed by atoms with Crippen molar-refractivity contribution in [3.63, 3.8) is 0 Å². The third-order valence-corrected chi connectivity index (χ3v) is 5.07. The molecule has 0 unspecified atom stereocenters. The van der Waals surface area contributed by atoms with Crippen LogP contribution >= 0.6 is 0 Å². The lowest BCUT2D eigenvalue weighted by atomic mass is 10.1. The van der Waals surface area contributed by atoms with E-state index in [4.69, 9.17) is 10.5 Å². The quantitative estimate of drug-likeness (QED) is 0.326. The zero-order chi connectivity index (χ0) is 25.3. The first kappa shape index (κ1) is 22.7.